The Balaban J connectivity index is 3.31. The molecule has 0 aromatic rings. The van der Waals surface area contributed by atoms with E-state index in [9.17, 15) is 9.59 Å². The van der Waals surface area contributed by atoms with E-state index in [1.165, 1.54) is 0 Å². The van der Waals surface area contributed by atoms with E-state index in [0.29, 0.717) is 25.8 Å². The Kier molecular flexibility index (Phi) is 6.91. The van der Waals surface area contributed by atoms with Crippen molar-refractivity contribution in [1.29, 1.82) is 0 Å². The lowest BCUT2D eigenvalue weighted by Gasteiger charge is -2.03. The van der Waals surface area contributed by atoms with Crippen molar-refractivity contribution in [2.75, 3.05) is 20.2 Å². The van der Waals surface area contributed by atoms with E-state index in [4.69, 9.17) is 5.11 Å². The van der Waals surface area contributed by atoms with Crippen LogP contribution in [-0.2, 0) is 9.59 Å². The van der Waals surface area contributed by atoms with Crippen LogP contribution in [-0.4, -0.2) is 37.1 Å². The van der Waals surface area contributed by atoms with Gasteiger partial charge in [0, 0.05) is 33.0 Å². The standard InChI is InChI=1S/C8H16N2O3/c1-9-7(12)4-5-10-8(13)3-2-6-11/h11H,2-6H2,1H3,(H,9,12)(H,10,13). The summed E-state index contributed by atoms with van der Waals surface area (Å²) in [6, 6.07) is 0. The lowest BCUT2D eigenvalue weighted by Crippen LogP contribution is -2.29. The number of aliphatic hydroxyl groups is 1. The largest absolute Gasteiger partial charge is 0.396 e. The van der Waals surface area contributed by atoms with Crippen molar-refractivity contribution in [1.82, 2.24) is 10.6 Å². The van der Waals surface area contributed by atoms with E-state index in [1.54, 1.807) is 7.05 Å². The smallest absolute Gasteiger partial charge is 0.221 e. The average Bonchev–Trinajstić information content (AvgIpc) is 2.14. The van der Waals surface area contributed by atoms with Crippen LogP contribution in [0.2, 0.25) is 0 Å². The predicted molar refractivity (Wildman–Crippen MR) is 48.0 cm³/mol. The number of hydrogen-bond acceptors (Lipinski definition) is 3. The molecule has 5 heteroatoms. The van der Waals surface area contributed by atoms with E-state index in [2.05, 4.69) is 10.6 Å². The molecule has 0 heterocycles. The van der Waals surface area contributed by atoms with Crippen LogP contribution in [0.25, 0.3) is 0 Å². The Morgan fingerprint density at radius 2 is 1.92 bits per heavy atom. The summed E-state index contributed by atoms with van der Waals surface area (Å²) in [5.41, 5.74) is 0. The molecule has 0 aromatic heterocycles. The second kappa shape index (κ2) is 7.54. The lowest BCUT2D eigenvalue weighted by atomic mass is 10.3. The number of amides is 2. The van der Waals surface area contributed by atoms with Crippen molar-refractivity contribution in [3.63, 3.8) is 0 Å². The zero-order chi connectivity index (χ0) is 10.1. The van der Waals surface area contributed by atoms with E-state index in [-0.39, 0.29) is 18.4 Å². The highest BCUT2D eigenvalue weighted by Crippen LogP contribution is 1.86. The van der Waals surface area contributed by atoms with Gasteiger partial charge in [-0.25, -0.2) is 0 Å². The Morgan fingerprint density at radius 3 is 2.46 bits per heavy atom. The van der Waals surface area contributed by atoms with Gasteiger partial charge < -0.3 is 15.7 Å². The number of nitrogens with one attached hydrogen (secondary N) is 2. The predicted octanol–water partition coefficient (Wildman–Crippen LogP) is -0.989. The molecule has 0 bridgehead atoms. The molecule has 5 nitrogen and oxygen atoms in total. The highest BCUT2D eigenvalue weighted by Gasteiger charge is 2.01. The number of hydrogen-bond donors (Lipinski definition) is 3. The normalized spacial score (nSPS) is 9.38. The summed E-state index contributed by atoms with van der Waals surface area (Å²) in [6.07, 6.45) is 1.07. The van der Waals surface area contributed by atoms with Crippen molar-refractivity contribution in [3.05, 3.63) is 0 Å². The van der Waals surface area contributed by atoms with Gasteiger partial charge in [-0.15, -0.1) is 0 Å². The van der Waals surface area contributed by atoms with Crippen LogP contribution in [0.1, 0.15) is 19.3 Å². The van der Waals surface area contributed by atoms with E-state index < -0.39 is 0 Å². The van der Waals surface area contributed by atoms with Crippen LogP contribution in [0.15, 0.2) is 0 Å². The minimum Gasteiger partial charge on any atom is -0.396 e. The average molecular weight is 188 g/mol. The third kappa shape index (κ3) is 7.27. The SMILES string of the molecule is CNC(=O)CCNC(=O)CCCO. The van der Waals surface area contributed by atoms with Gasteiger partial charge in [0.1, 0.15) is 0 Å². The maximum absolute atomic E-state index is 10.9. The van der Waals surface area contributed by atoms with Gasteiger partial charge in [0.15, 0.2) is 0 Å². The van der Waals surface area contributed by atoms with Gasteiger partial charge in [0.05, 0.1) is 0 Å². The molecular formula is C8H16N2O3. The summed E-state index contributed by atoms with van der Waals surface area (Å²) in [6.45, 7) is 0.368. The molecule has 0 aliphatic rings. The molecule has 0 aliphatic carbocycles. The van der Waals surface area contributed by atoms with Crippen LogP contribution in [0.4, 0.5) is 0 Å². The van der Waals surface area contributed by atoms with Crippen LogP contribution in [0.3, 0.4) is 0 Å². The second-order valence-electron chi connectivity index (χ2n) is 2.60. The number of rotatable bonds is 6. The minimum absolute atomic E-state index is 0.0167. The summed E-state index contributed by atoms with van der Waals surface area (Å²) in [7, 11) is 1.55. The molecule has 0 unspecified atom stereocenters. The number of carbonyl (C=O) groups excluding carboxylic acids is 2. The van der Waals surface area contributed by atoms with Gasteiger partial charge >= 0.3 is 0 Å². The molecule has 0 atom stereocenters. The third-order valence-electron chi connectivity index (χ3n) is 1.52. The molecule has 0 rings (SSSR count). The summed E-state index contributed by atoms with van der Waals surface area (Å²) in [4.78, 5) is 21.6. The van der Waals surface area contributed by atoms with Crippen molar-refractivity contribution < 1.29 is 14.7 Å². The highest BCUT2D eigenvalue weighted by atomic mass is 16.3. The molecule has 0 radical (unpaired) electrons. The first-order valence-corrected chi connectivity index (χ1v) is 4.29. The number of carbonyl (C=O) groups is 2. The first kappa shape index (κ1) is 11.9. The maximum atomic E-state index is 10.9. The second-order valence-corrected chi connectivity index (χ2v) is 2.60. The lowest BCUT2D eigenvalue weighted by molar-refractivity contribution is -0.122. The first-order chi connectivity index (χ1) is 6.20. The van der Waals surface area contributed by atoms with Crippen molar-refractivity contribution >= 4 is 11.8 Å². The van der Waals surface area contributed by atoms with Crippen molar-refractivity contribution in [3.8, 4) is 0 Å². The summed E-state index contributed by atoms with van der Waals surface area (Å²) >= 11 is 0. The van der Waals surface area contributed by atoms with Gasteiger partial charge in [-0.1, -0.05) is 0 Å². The molecule has 0 fully saturated rings. The van der Waals surface area contributed by atoms with Gasteiger partial charge in [-0.3, -0.25) is 9.59 Å². The van der Waals surface area contributed by atoms with Crippen LogP contribution in [0, 0.1) is 0 Å². The van der Waals surface area contributed by atoms with E-state index >= 15 is 0 Å². The summed E-state index contributed by atoms with van der Waals surface area (Å²) in [5, 5.41) is 13.4. The number of aliphatic hydroxyl groups excluding tert-OH is 1. The fourth-order valence-electron chi connectivity index (χ4n) is 0.768. The first-order valence-electron chi connectivity index (χ1n) is 4.29. The fraction of sp³-hybridized carbons (Fsp3) is 0.750. The topological polar surface area (TPSA) is 78.4 Å². The monoisotopic (exact) mass is 188 g/mol. The van der Waals surface area contributed by atoms with Crippen LogP contribution in [0.5, 0.6) is 0 Å². The summed E-state index contributed by atoms with van der Waals surface area (Å²) < 4.78 is 0. The van der Waals surface area contributed by atoms with E-state index in [1.807, 2.05) is 0 Å². The van der Waals surface area contributed by atoms with Crippen molar-refractivity contribution in [2.45, 2.75) is 19.3 Å². The third-order valence-corrected chi connectivity index (χ3v) is 1.52. The molecule has 3 N–H and O–H groups in total. The quantitative estimate of drug-likeness (QED) is 0.501. The molecule has 76 valence electrons. The molecule has 13 heavy (non-hydrogen) atoms. The molecule has 2 amide bonds. The molecule has 0 saturated carbocycles. The van der Waals surface area contributed by atoms with Gasteiger partial charge in [0.2, 0.25) is 11.8 Å². The Bertz CT molecular complexity index is 171. The van der Waals surface area contributed by atoms with E-state index in [0.717, 1.165) is 0 Å². The van der Waals surface area contributed by atoms with Gasteiger partial charge in [-0.2, -0.15) is 0 Å². The molecule has 0 spiro atoms. The van der Waals surface area contributed by atoms with Crippen molar-refractivity contribution in [2.24, 2.45) is 0 Å². The Morgan fingerprint density at radius 1 is 1.23 bits per heavy atom. The molecule has 0 aromatic carbocycles. The summed E-state index contributed by atoms with van der Waals surface area (Å²) in [5.74, 6) is -0.222. The zero-order valence-electron chi connectivity index (χ0n) is 7.80. The molecule has 0 aliphatic heterocycles. The molecule has 0 saturated heterocycles. The van der Waals surface area contributed by atoms with Crippen LogP contribution >= 0.6 is 0 Å². The fourth-order valence-corrected chi connectivity index (χ4v) is 0.768. The minimum atomic E-state index is -0.127. The zero-order valence-corrected chi connectivity index (χ0v) is 7.80. The highest BCUT2D eigenvalue weighted by molar-refractivity contribution is 5.78. The Labute approximate surface area is 77.5 Å². The molecular weight excluding hydrogens is 172 g/mol. The van der Waals surface area contributed by atoms with Crippen LogP contribution < -0.4 is 10.6 Å². The van der Waals surface area contributed by atoms with Gasteiger partial charge in [0.25, 0.3) is 0 Å². The van der Waals surface area contributed by atoms with Gasteiger partial charge in [-0.05, 0) is 6.42 Å². The maximum Gasteiger partial charge on any atom is 0.221 e. The Hall–Kier alpha value is -1.10.